The van der Waals surface area contributed by atoms with Crippen LogP contribution in [0.2, 0.25) is 0 Å². The number of carbonyl (C=O) groups excluding carboxylic acids is 1. The number of hydrogen-bond acceptors (Lipinski definition) is 2. The van der Waals surface area contributed by atoms with E-state index in [1.165, 1.54) is 12.1 Å². The molecule has 0 heterocycles. The molecule has 0 unspecified atom stereocenters. The quantitative estimate of drug-likeness (QED) is 0.886. The summed E-state index contributed by atoms with van der Waals surface area (Å²) in [7, 11) is 0. The van der Waals surface area contributed by atoms with Crippen LogP contribution in [-0.4, -0.2) is 12.5 Å². The van der Waals surface area contributed by atoms with Crippen molar-refractivity contribution in [3.05, 3.63) is 65.0 Å². The van der Waals surface area contributed by atoms with E-state index in [9.17, 15) is 9.18 Å². The van der Waals surface area contributed by atoms with Crippen molar-refractivity contribution in [2.45, 2.75) is 26.8 Å². The zero-order valence-electron chi connectivity index (χ0n) is 12.9. The molecule has 0 aliphatic rings. The number of halogens is 1. The van der Waals surface area contributed by atoms with E-state index in [2.05, 4.69) is 11.4 Å². The van der Waals surface area contributed by atoms with Gasteiger partial charge in [-0.2, -0.15) is 0 Å². The molecular formula is C18H20FNO2. The first-order valence-electron chi connectivity index (χ1n) is 7.25. The van der Waals surface area contributed by atoms with E-state index < -0.39 is 0 Å². The SMILES string of the molecule is Cc1cc(C)cc(OCCC(=O)NCc2ccc(F)cc2)c1. The Labute approximate surface area is 130 Å². The fraction of sp³-hybridized carbons (Fsp3) is 0.278. The minimum absolute atomic E-state index is 0.0892. The summed E-state index contributed by atoms with van der Waals surface area (Å²) in [5.41, 5.74) is 3.14. The summed E-state index contributed by atoms with van der Waals surface area (Å²) in [5.74, 6) is 0.412. The van der Waals surface area contributed by atoms with Crippen LogP contribution in [0.3, 0.4) is 0 Å². The monoisotopic (exact) mass is 301 g/mol. The Morgan fingerprint density at radius 2 is 1.73 bits per heavy atom. The Balaban J connectivity index is 1.72. The van der Waals surface area contributed by atoms with Crippen LogP contribution in [0.15, 0.2) is 42.5 Å². The molecule has 0 aliphatic carbocycles. The van der Waals surface area contributed by atoms with Gasteiger partial charge in [0, 0.05) is 6.54 Å². The topological polar surface area (TPSA) is 38.3 Å². The Hall–Kier alpha value is -2.36. The molecule has 0 aliphatic heterocycles. The third-order valence-electron chi connectivity index (χ3n) is 3.20. The second kappa shape index (κ2) is 7.59. The number of nitrogens with one attached hydrogen (secondary N) is 1. The maximum Gasteiger partial charge on any atom is 0.223 e. The zero-order valence-corrected chi connectivity index (χ0v) is 12.9. The smallest absolute Gasteiger partial charge is 0.223 e. The molecular weight excluding hydrogens is 281 g/mol. The van der Waals surface area contributed by atoms with Crippen LogP contribution < -0.4 is 10.1 Å². The minimum Gasteiger partial charge on any atom is -0.493 e. The van der Waals surface area contributed by atoms with Crippen LogP contribution in [0, 0.1) is 19.7 Å². The van der Waals surface area contributed by atoms with E-state index in [1.54, 1.807) is 12.1 Å². The summed E-state index contributed by atoms with van der Waals surface area (Å²) < 4.78 is 18.4. The lowest BCUT2D eigenvalue weighted by Crippen LogP contribution is -2.24. The highest BCUT2D eigenvalue weighted by atomic mass is 19.1. The molecule has 0 saturated carbocycles. The molecule has 3 nitrogen and oxygen atoms in total. The predicted octanol–water partition coefficient (Wildman–Crippen LogP) is 3.53. The van der Waals surface area contributed by atoms with Gasteiger partial charge in [-0.3, -0.25) is 4.79 Å². The highest BCUT2D eigenvalue weighted by Gasteiger charge is 2.03. The third-order valence-corrected chi connectivity index (χ3v) is 3.20. The molecule has 2 rings (SSSR count). The van der Waals surface area contributed by atoms with Gasteiger partial charge in [-0.05, 0) is 54.8 Å². The van der Waals surface area contributed by atoms with Gasteiger partial charge in [0.15, 0.2) is 0 Å². The fourth-order valence-electron chi connectivity index (χ4n) is 2.17. The summed E-state index contributed by atoms with van der Waals surface area (Å²) >= 11 is 0. The van der Waals surface area contributed by atoms with Gasteiger partial charge < -0.3 is 10.1 Å². The predicted molar refractivity (Wildman–Crippen MR) is 84.3 cm³/mol. The van der Waals surface area contributed by atoms with Gasteiger partial charge in [0.2, 0.25) is 5.91 Å². The van der Waals surface area contributed by atoms with E-state index in [0.717, 1.165) is 22.4 Å². The molecule has 0 spiro atoms. The summed E-state index contributed by atoms with van der Waals surface area (Å²) in [5, 5.41) is 2.79. The van der Waals surface area contributed by atoms with Gasteiger partial charge >= 0.3 is 0 Å². The van der Waals surface area contributed by atoms with Gasteiger partial charge in [-0.15, -0.1) is 0 Å². The first-order valence-corrected chi connectivity index (χ1v) is 7.25. The lowest BCUT2D eigenvalue weighted by molar-refractivity contribution is -0.121. The minimum atomic E-state index is -0.281. The summed E-state index contributed by atoms with van der Waals surface area (Å²) in [4.78, 5) is 11.7. The summed E-state index contributed by atoms with van der Waals surface area (Å²) in [6.07, 6.45) is 0.286. The Morgan fingerprint density at radius 3 is 2.36 bits per heavy atom. The largest absolute Gasteiger partial charge is 0.493 e. The first-order chi connectivity index (χ1) is 10.5. The van der Waals surface area contributed by atoms with Gasteiger partial charge in [0.1, 0.15) is 11.6 Å². The lowest BCUT2D eigenvalue weighted by atomic mass is 10.1. The second-order valence-electron chi connectivity index (χ2n) is 5.33. The number of hydrogen-bond donors (Lipinski definition) is 1. The van der Waals surface area contributed by atoms with Crippen LogP contribution in [0.4, 0.5) is 4.39 Å². The maximum absolute atomic E-state index is 12.8. The van der Waals surface area contributed by atoms with Gasteiger partial charge in [-0.25, -0.2) is 4.39 Å². The molecule has 0 radical (unpaired) electrons. The summed E-state index contributed by atoms with van der Waals surface area (Å²) in [6.45, 7) is 4.74. The molecule has 0 aromatic heterocycles. The maximum atomic E-state index is 12.8. The molecule has 0 atom stereocenters. The molecule has 0 saturated heterocycles. The number of ether oxygens (including phenoxy) is 1. The number of amides is 1. The molecule has 0 fully saturated rings. The van der Waals surface area contributed by atoms with E-state index in [0.29, 0.717) is 13.2 Å². The standard InChI is InChI=1S/C18H20FNO2/c1-13-9-14(2)11-17(10-13)22-8-7-18(21)20-12-15-3-5-16(19)6-4-15/h3-6,9-11H,7-8,12H2,1-2H3,(H,20,21). The fourth-order valence-corrected chi connectivity index (χ4v) is 2.17. The van der Waals surface area contributed by atoms with E-state index in [1.807, 2.05) is 26.0 Å². The highest BCUT2D eigenvalue weighted by Crippen LogP contribution is 2.16. The van der Waals surface area contributed by atoms with Crippen molar-refractivity contribution in [3.8, 4) is 5.75 Å². The number of benzene rings is 2. The Kier molecular flexibility index (Phi) is 5.53. The van der Waals surface area contributed by atoms with Crippen LogP contribution >= 0.6 is 0 Å². The molecule has 2 aromatic carbocycles. The molecule has 116 valence electrons. The van der Waals surface area contributed by atoms with E-state index >= 15 is 0 Å². The number of rotatable bonds is 6. The average molecular weight is 301 g/mol. The van der Waals surface area contributed by atoms with Crippen molar-refractivity contribution in [2.75, 3.05) is 6.61 Å². The van der Waals surface area contributed by atoms with Crippen molar-refractivity contribution in [1.29, 1.82) is 0 Å². The molecule has 0 bridgehead atoms. The molecule has 1 N–H and O–H groups in total. The van der Waals surface area contributed by atoms with Crippen molar-refractivity contribution < 1.29 is 13.9 Å². The van der Waals surface area contributed by atoms with Crippen molar-refractivity contribution in [3.63, 3.8) is 0 Å². The van der Waals surface area contributed by atoms with E-state index in [4.69, 9.17) is 4.74 Å². The van der Waals surface area contributed by atoms with Gasteiger partial charge in [-0.1, -0.05) is 18.2 Å². The van der Waals surface area contributed by atoms with Gasteiger partial charge in [0.05, 0.1) is 13.0 Å². The molecule has 4 heteroatoms. The first kappa shape index (κ1) is 16.0. The second-order valence-corrected chi connectivity index (χ2v) is 5.33. The average Bonchev–Trinajstić information content (AvgIpc) is 2.46. The normalized spacial score (nSPS) is 10.3. The van der Waals surface area contributed by atoms with Crippen LogP contribution in [0.5, 0.6) is 5.75 Å². The van der Waals surface area contributed by atoms with Crippen molar-refractivity contribution in [1.82, 2.24) is 5.32 Å². The molecule has 22 heavy (non-hydrogen) atoms. The zero-order chi connectivity index (χ0) is 15.9. The van der Waals surface area contributed by atoms with Crippen LogP contribution in [-0.2, 0) is 11.3 Å². The van der Waals surface area contributed by atoms with E-state index in [-0.39, 0.29) is 18.1 Å². The lowest BCUT2D eigenvalue weighted by Gasteiger charge is -2.09. The Morgan fingerprint density at radius 1 is 1.09 bits per heavy atom. The van der Waals surface area contributed by atoms with Crippen molar-refractivity contribution in [2.24, 2.45) is 0 Å². The Bertz CT molecular complexity index is 618. The molecule has 2 aromatic rings. The third kappa shape index (κ3) is 5.20. The highest BCUT2D eigenvalue weighted by molar-refractivity contribution is 5.75. The molecule has 1 amide bonds. The van der Waals surface area contributed by atoms with Crippen LogP contribution in [0.25, 0.3) is 0 Å². The number of carbonyl (C=O) groups is 1. The number of aryl methyl sites for hydroxylation is 2. The van der Waals surface area contributed by atoms with Gasteiger partial charge in [0.25, 0.3) is 0 Å². The summed E-state index contributed by atoms with van der Waals surface area (Å²) in [6, 6.07) is 12.0. The van der Waals surface area contributed by atoms with Crippen molar-refractivity contribution >= 4 is 5.91 Å². The van der Waals surface area contributed by atoms with Crippen LogP contribution in [0.1, 0.15) is 23.1 Å².